The van der Waals surface area contributed by atoms with E-state index >= 15 is 0 Å². The first-order valence-electron chi connectivity index (χ1n) is 10.6. The zero-order valence-electron chi connectivity index (χ0n) is 19.2. The van der Waals surface area contributed by atoms with E-state index in [0.29, 0.717) is 25.0 Å². The van der Waals surface area contributed by atoms with Gasteiger partial charge in [0.25, 0.3) is 0 Å². The summed E-state index contributed by atoms with van der Waals surface area (Å²) in [6.45, 7) is 15.0. The van der Waals surface area contributed by atoms with Gasteiger partial charge >= 0.3 is 13.2 Å². The van der Waals surface area contributed by atoms with Gasteiger partial charge in [-0.05, 0) is 78.4 Å². The monoisotopic (exact) mass is 412 g/mol. The average Bonchev–Trinajstić information content (AvgIpc) is 3.11. The SMILES string of the molecule is CC(C)(C)OC(=O)N1CC(c2ccc(C#N)cc2)[C@H](CB2OC(C)(C)C(C)(C)O2)C1. The molecule has 2 saturated heterocycles. The molecule has 0 bridgehead atoms. The van der Waals surface area contributed by atoms with E-state index in [2.05, 4.69) is 6.07 Å². The molecule has 1 unspecified atom stereocenters. The molecule has 0 radical (unpaired) electrons. The van der Waals surface area contributed by atoms with E-state index < -0.39 is 5.60 Å². The van der Waals surface area contributed by atoms with Crippen molar-refractivity contribution in [1.29, 1.82) is 5.26 Å². The Morgan fingerprint density at radius 3 is 2.23 bits per heavy atom. The number of hydrogen-bond donors (Lipinski definition) is 0. The largest absolute Gasteiger partial charge is 0.458 e. The molecular formula is C23H33BN2O4. The van der Waals surface area contributed by atoms with E-state index in [0.717, 1.165) is 5.56 Å². The Hall–Kier alpha value is -2.04. The summed E-state index contributed by atoms with van der Waals surface area (Å²) < 4.78 is 18.1. The lowest BCUT2D eigenvalue weighted by Crippen LogP contribution is -2.41. The number of amides is 1. The van der Waals surface area contributed by atoms with E-state index in [-0.39, 0.29) is 36.2 Å². The second-order valence-corrected chi connectivity index (χ2v) is 10.4. The van der Waals surface area contributed by atoms with Gasteiger partial charge in [0.05, 0.1) is 22.8 Å². The molecule has 2 aliphatic rings. The average molecular weight is 412 g/mol. The first-order valence-corrected chi connectivity index (χ1v) is 10.6. The lowest BCUT2D eigenvalue weighted by atomic mass is 9.72. The van der Waals surface area contributed by atoms with Crippen LogP contribution in [0.4, 0.5) is 4.79 Å². The number of rotatable bonds is 3. The number of hydrogen-bond acceptors (Lipinski definition) is 5. The van der Waals surface area contributed by atoms with Crippen molar-refractivity contribution in [3.63, 3.8) is 0 Å². The van der Waals surface area contributed by atoms with Crippen molar-refractivity contribution < 1.29 is 18.8 Å². The number of nitriles is 1. The molecule has 2 fully saturated rings. The van der Waals surface area contributed by atoms with Crippen LogP contribution in [-0.2, 0) is 14.0 Å². The van der Waals surface area contributed by atoms with Gasteiger partial charge < -0.3 is 18.9 Å². The summed E-state index contributed by atoms with van der Waals surface area (Å²) in [6.07, 6.45) is 0.397. The fourth-order valence-electron chi connectivity index (χ4n) is 4.08. The van der Waals surface area contributed by atoms with Gasteiger partial charge in [-0.25, -0.2) is 4.79 Å². The highest BCUT2D eigenvalue weighted by Gasteiger charge is 2.52. The molecule has 1 aromatic rings. The van der Waals surface area contributed by atoms with Crippen molar-refractivity contribution in [2.75, 3.05) is 13.1 Å². The second kappa shape index (κ2) is 7.90. The molecule has 2 heterocycles. The van der Waals surface area contributed by atoms with Crippen molar-refractivity contribution in [2.45, 2.75) is 77.5 Å². The molecule has 7 heteroatoms. The minimum Gasteiger partial charge on any atom is -0.444 e. The first-order chi connectivity index (χ1) is 13.8. The van der Waals surface area contributed by atoms with Crippen molar-refractivity contribution in [3.8, 4) is 6.07 Å². The molecule has 162 valence electrons. The van der Waals surface area contributed by atoms with Gasteiger partial charge in [0, 0.05) is 19.0 Å². The fraction of sp³-hybridized carbons (Fsp3) is 0.652. The van der Waals surface area contributed by atoms with Crippen LogP contribution in [0.25, 0.3) is 0 Å². The maximum absolute atomic E-state index is 12.7. The minimum absolute atomic E-state index is 0.129. The lowest BCUT2D eigenvalue weighted by molar-refractivity contribution is 0.00578. The summed E-state index contributed by atoms with van der Waals surface area (Å²) in [7, 11) is -0.320. The third-order valence-electron chi connectivity index (χ3n) is 6.36. The normalized spacial score (nSPS) is 25.3. The number of ether oxygens (including phenoxy) is 1. The molecule has 3 rings (SSSR count). The predicted octanol–water partition coefficient (Wildman–Crippen LogP) is 4.60. The van der Waals surface area contributed by atoms with Gasteiger partial charge in [0.2, 0.25) is 0 Å². The van der Waals surface area contributed by atoms with Crippen molar-refractivity contribution in [1.82, 2.24) is 4.90 Å². The smallest absolute Gasteiger partial charge is 0.444 e. The highest BCUT2D eigenvalue weighted by molar-refractivity contribution is 6.45. The maximum atomic E-state index is 12.7. The Morgan fingerprint density at radius 1 is 1.17 bits per heavy atom. The molecular weight excluding hydrogens is 379 g/mol. The molecule has 0 saturated carbocycles. The molecule has 0 aliphatic carbocycles. The summed E-state index contributed by atoms with van der Waals surface area (Å²) in [5.41, 5.74) is 0.436. The van der Waals surface area contributed by atoms with Crippen molar-refractivity contribution >= 4 is 13.2 Å². The summed E-state index contributed by atoms with van der Waals surface area (Å²) in [6, 6.07) is 9.79. The molecule has 30 heavy (non-hydrogen) atoms. The van der Waals surface area contributed by atoms with Crippen molar-refractivity contribution in [2.24, 2.45) is 5.92 Å². The fourth-order valence-corrected chi connectivity index (χ4v) is 4.08. The zero-order chi connectivity index (χ0) is 22.3. The van der Waals surface area contributed by atoms with Crippen LogP contribution in [0.15, 0.2) is 24.3 Å². The molecule has 1 amide bonds. The van der Waals surface area contributed by atoms with Gasteiger partial charge in [0.1, 0.15) is 5.60 Å². The van der Waals surface area contributed by atoms with Crippen LogP contribution in [0.5, 0.6) is 0 Å². The minimum atomic E-state index is -0.537. The number of likely N-dealkylation sites (tertiary alicyclic amines) is 1. The van der Waals surface area contributed by atoms with Crippen molar-refractivity contribution in [3.05, 3.63) is 35.4 Å². The molecule has 6 nitrogen and oxygen atoms in total. The van der Waals surface area contributed by atoms with E-state index in [1.165, 1.54) is 0 Å². The predicted molar refractivity (Wildman–Crippen MR) is 116 cm³/mol. The molecule has 0 aromatic heterocycles. The van der Waals surface area contributed by atoms with Crippen LogP contribution in [0.3, 0.4) is 0 Å². The highest BCUT2D eigenvalue weighted by atomic mass is 16.7. The number of carbonyl (C=O) groups excluding carboxylic acids is 1. The van der Waals surface area contributed by atoms with E-state index in [9.17, 15) is 4.79 Å². The number of benzene rings is 1. The van der Waals surface area contributed by atoms with E-state index in [4.69, 9.17) is 19.3 Å². The number of carbonyl (C=O) groups is 1. The highest BCUT2D eigenvalue weighted by Crippen LogP contribution is 2.42. The topological polar surface area (TPSA) is 71.8 Å². The molecule has 2 atom stereocenters. The summed E-state index contributed by atoms with van der Waals surface area (Å²) in [5, 5.41) is 9.10. The van der Waals surface area contributed by atoms with E-state index in [1.54, 1.807) is 4.90 Å². The van der Waals surface area contributed by atoms with Crippen LogP contribution >= 0.6 is 0 Å². The van der Waals surface area contributed by atoms with Crippen LogP contribution in [0.1, 0.15) is 65.5 Å². The molecule has 0 N–H and O–H groups in total. The quantitative estimate of drug-likeness (QED) is 0.679. The van der Waals surface area contributed by atoms with E-state index in [1.807, 2.05) is 72.7 Å². The van der Waals surface area contributed by atoms with Gasteiger partial charge in [-0.2, -0.15) is 5.26 Å². The lowest BCUT2D eigenvalue weighted by Gasteiger charge is -2.32. The Morgan fingerprint density at radius 2 is 1.73 bits per heavy atom. The van der Waals surface area contributed by atoms with Crippen LogP contribution in [-0.4, -0.2) is 48.0 Å². The maximum Gasteiger partial charge on any atom is 0.458 e. The Kier molecular flexibility index (Phi) is 5.96. The standard InChI is InChI=1S/C23H33BN2O4/c1-21(2,3)28-20(27)26-14-18(12-24-29-22(4,5)23(6,7)30-24)19(15-26)17-10-8-16(13-25)9-11-17/h8-11,18-19H,12,14-15H2,1-7H3/t18-,19?/m1/s1. The van der Waals surface area contributed by atoms with Gasteiger partial charge in [-0.15, -0.1) is 0 Å². The molecule has 0 spiro atoms. The Balaban J connectivity index is 1.80. The zero-order valence-corrected chi connectivity index (χ0v) is 19.2. The summed E-state index contributed by atoms with van der Waals surface area (Å²) >= 11 is 0. The Bertz CT molecular complexity index is 807. The van der Waals surface area contributed by atoms with Crippen LogP contribution in [0.2, 0.25) is 6.32 Å². The molecule has 1 aromatic carbocycles. The third-order valence-corrected chi connectivity index (χ3v) is 6.36. The summed E-state index contributed by atoms with van der Waals surface area (Å²) in [5.74, 6) is 0.296. The second-order valence-electron chi connectivity index (χ2n) is 10.4. The van der Waals surface area contributed by atoms with Crippen LogP contribution < -0.4 is 0 Å². The number of nitrogens with zero attached hydrogens (tertiary/aromatic N) is 2. The first kappa shape index (κ1) is 22.6. The Labute approximate surface area is 180 Å². The van der Waals surface area contributed by atoms with Gasteiger partial charge in [0.15, 0.2) is 0 Å². The molecule has 2 aliphatic heterocycles. The van der Waals surface area contributed by atoms with Crippen LogP contribution in [0, 0.1) is 17.2 Å². The third kappa shape index (κ3) is 4.82. The van der Waals surface area contributed by atoms with Gasteiger partial charge in [-0.1, -0.05) is 12.1 Å². The van der Waals surface area contributed by atoms with Gasteiger partial charge in [-0.3, -0.25) is 0 Å². The summed E-state index contributed by atoms with van der Waals surface area (Å²) in [4.78, 5) is 14.5.